The molecule has 2 aliphatic rings. The fraction of sp³-hybridized carbons (Fsp3) is 0.400. The van der Waals surface area contributed by atoms with Gasteiger partial charge in [-0.25, -0.2) is 4.39 Å². The zero-order valence-electron chi connectivity index (χ0n) is 14.6. The Morgan fingerprint density at radius 3 is 2.58 bits per heavy atom. The number of carbonyl (C=O) groups is 1. The predicted octanol–water partition coefficient (Wildman–Crippen LogP) is 2.68. The zero-order valence-corrected chi connectivity index (χ0v) is 14.6. The van der Waals surface area contributed by atoms with Gasteiger partial charge >= 0.3 is 0 Å². The minimum atomic E-state index is -0.207. The van der Waals surface area contributed by atoms with Gasteiger partial charge in [-0.15, -0.1) is 0 Å². The number of hydrogen-bond acceptors (Lipinski definition) is 4. The van der Waals surface area contributed by atoms with E-state index in [2.05, 4.69) is 15.8 Å². The molecule has 5 nitrogen and oxygen atoms in total. The second-order valence-corrected chi connectivity index (χ2v) is 7.11. The van der Waals surface area contributed by atoms with Crippen molar-refractivity contribution in [3.05, 3.63) is 65.7 Å². The second kappa shape index (κ2) is 7.51. The second-order valence-electron chi connectivity index (χ2n) is 7.11. The lowest BCUT2D eigenvalue weighted by molar-refractivity contribution is 0.0672. The summed E-state index contributed by atoms with van der Waals surface area (Å²) in [5.41, 5.74) is 8.50. The quantitative estimate of drug-likeness (QED) is 0.890. The monoisotopic (exact) mass is 354 g/mol. The summed E-state index contributed by atoms with van der Waals surface area (Å²) in [4.78, 5) is 18.5. The van der Waals surface area contributed by atoms with Crippen LogP contribution >= 0.6 is 0 Å². The van der Waals surface area contributed by atoms with E-state index in [1.54, 1.807) is 18.5 Å². The Balaban J connectivity index is 1.31. The summed E-state index contributed by atoms with van der Waals surface area (Å²) in [7, 11) is 0. The van der Waals surface area contributed by atoms with Crippen LogP contribution in [0.4, 0.5) is 4.39 Å². The third-order valence-electron chi connectivity index (χ3n) is 5.51. The summed E-state index contributed by atoms with van der Waals surface area (Å²) in [6.45, 7) is 1.55. The summed E-state index contributed by atoms with van der Waals surface area (Å²) in [6, 6.07) is 10.9. The lowest BCUT2D eigenvalue weighted by atomic mass is 9.86. The molecule has 0 aliphatic carbocycles. The van der Waals surface area contributed by atoms with E-state index in [1.165, 1.54) is 12.1 Å². The highest BCUT2D eigenvalue weighted by Gasteiger charge is 2.34. The van der Waals surface area contributed by atoms with Crippen LogP contribution in [0, 0.1) is 11.7 Å². The molecule has 136 valence electrons. The topological polar surface area (TPSA) is 57.3 Å². The number of halogens is 1. The number of rotatable bonds is 3. The van der Waals surface area contributed by atoms with Crippen LogP contribution in [0.5, 0.6) is 0 Å². The first-order valence-electron chi connectivity index (χ1n) is 9.16. The average Bonchev–Trinajstić information content (AvgIpc) is 3.19. The van der Waals surface area contributed by atoms with Crippen molar-refractivity contribution >= 4 is 5.91 Å². The van der Waals surface area contributed by atoms with Gasteiger partial charge < -0.3 is 4.90 Å². The Morgan fingerprint density at radius 2 is 1.88 bits per heavy atom. The number of benzene rings is 1. The van der Waals surface area contributed by atoms with E-state index in [0.29, 0.717) is 17.5 Å². The van der Waals surface area contributed by atoms with Crippen LogP contribution < -0.4 is 10.9 Å². The number of hydrogen-bond donors (Lipinski definition) is 2. The number of hydrazine groups is 1. The molecular formula is C20H23FN4O. The van der Waals surface area contributed by atoms with E-state index in [4.69, 9.17) is 0 Å². The number of nitrogens with zero attached hydrogens (tertiary/aromatic N) is 2. The minimum Gasteiger partial charge on any atom is -0.339 e. The van der Waals surface area contributed by atoms with Gasteiger partial charge in [0.15, 0.2) is 0 Å². The van der Waals surface area contributed by atoms with Crippen molar-refractivity contribution in [2.24, 2.45) is 5.92 Å². The molecule has 26 heavy (non-hydrogen) atoms. The Kier molecular flexibility index (Phi) is 4.95. The van der Waals surface area contributed by atoms with E-state index in [9.17, 15) is 9.18 Å². The number of pyridine rings is 1. The van der Waals surface area contributed by atoms with Gasteiger partial charge in [0, 0.05) is 37.6 Å². The highest BCUT2D eigenvalue weighted by molar-refractivity contribution is 5.93. The van der Waals surface area contributed by atoms with Crippen LogP contribution in [-0.2, 0) is 0 Å². The van der Waals surface area contributed by atoms with Gasteiger partial charge in [0.1, 0.15) is 5.82 Å². The number of aromatic nitrogens is 1. The smallest absolute Gasteiger partial charge is 0.255 e. The fourth-order valence-electron chi connectivity index (χ4n) is 3.98. The van der Waals surface area contributed by atoms with Crippen LogP contribution in [0.3, 0.4) is 0 Å². The van der Waals surface area contributed by atoms with Crippen LogP contribution in [0.25, 0.3) is 0 Å². The molecule has 1 aromatic heterocycles. The van der Waals surface area contributed by atoms with E-state index in [-0.39, 0.29) is 17.8 Å². The van der Waals surface area contributed by atoms with Crippen molar-refractivity contribution in [1.82, 2.24) is 20.7 Å². The third-order valence-corrected chi connectivity index (χ3v) is 5.51. The summed E-state index contributed by atoms with van der Waals surface area (Å²) in [6.07, 6.45) is 6.26. The maximum absolute atomic E-state index is 13.1. The first-order valence-corrected chi connectivity index (χ1v) is 9.16. The van der Waals surface area contributed by atoms with Crippen LogP contribution in [0.1, 0.15) is 41.2 Å². The molecule has 1 amide bonds. The van der Waals surface area contributed by atoms with Gasteiger partial charge in [-0.1, -0.05) is 12.1 Å². The van der Waals surface area contributed by atoms with E-state index in [0.717, 1.165) is 37.9 Å². The lowest BCUT2D eigenvalue weighted by Crippen LogP contribution is -2.44. The molecule has 2 aromatic rings. The Morgan fingerprint density at radius 1 is 1.12 bits per heavy atom. The van der Waals surface area contributed by atoms with Gasteiger partial charge in [-0.3, -0.25) is 20.6 Å². The van der Waals surface area contributed by atoms with Gasteiger partial charge in [-0.2, -0.15) is 0 Å². The van der Waals surface area contributed by atoms with Crippen molar-refractivity contribution in [2.75, 3.05) is 13.1 Å². The fourth-order valence-corrected chi connectivity index (χ4v) is 3.98. The summed E-state index contributed by atoms with van der Waals surface area (Å²) in [5, 5.41) is 0. The van der Waals surface area contributed by atoms with Crippen molar-refractivity contribution in [3.63, 3.8) is 0 Å². The summed E-state index contributed by atoms with van der Waals surface area (Å²) in [5.74, 6) is 0.394. The molecule has 1 aromatic carbocycles. The molecule has 0 bridgehead atoms. The van der Waals surface area contributed by atoms with Crippen molar-refractivity contribution in [3.8, 4) is 0 Å². The Bertz CT molecular complexity index is 744. The zero-order chi connectivity index (χ0) is 17.9. The molecule has 2 atom stereocenters. The number of likely N-dealkylation sites (tertiary alicyclic amines) is 1. The molecule has 2 unspecified atom stereocenters. The standard InChI is InChI=1S/C20H23FN4O/c21-17-5-3-14(4-6-17)18-12-19(24-23-18)15-7-10-25(11-8-15)20(26)16-2-1-9-22-13-16/h1-6,9,13,15,18-19,23-24H,7-8,10-12H2. The van der Waals surface area contributed by atoms with Gasteiger partial charge in [0.2, 0.25) is 0 Å². The molecule has 6 heteroatoms. The molecule has 2 fully saturated rings. The van der Waals surface area contributed by atoms with Crippen molar-refractivity contribution in [1.29, 1.82) is 0 Å². The first-order chi connectivity index (χ1) is 12.7. The molecule has 3 heterocycles. The third kappa shape index (κ3) is 3.61. The summed E-state index contributed by atoms with van der Waals surface area (Å²) < 4.78 is 13.1. The van der Waals surface area contributed by atoms with Crippen LogP contribution in [-0.4, -0.2) is 34.9 Å². The Labute approximate surface area is 152 Å². The average molecular weight is 354 g/mol. The SMILES string of the molecule is O=C(c1cccnc1)N1CCC(C2CC(c3ccc(F)cc3)NN2)CC1. The predicted molar refractivity (Wildman–Crippen MR) is 96.7 cm³/mol. The van der Waals surface area contributed by atoms with Crippen molar-refractivity contribution < 1.29 is 9.18 Å². The molecule has 0 radical (unpaired) electrons. The minimum absolute atomic E-state index is 0.0678. The first kappa shape index (κ1) is 17.1. The molecule has 2 saturated heterocycles. The van der Waals surface area contributed by atoms with Gasteiger partial charge in [-0.05, 0) is 55.0 Å². The molecule has 4 rings (SSSR count). The largest absolute Gasteiger partial charge is 0.339 e. The van der Waals surface area contributed by atoms with E-state index >= 15 is 0 Å². The molecule has 2 N–H and O–H groups in total. The number of piperidine rings is 1. The van der Waals surface area contributed by atoms with Crippen molar-refractivity contribution in [2.45, 2.75) is 31.3 Å². The maximum atomic E-state index is 13.1. The highest BCUT2D eigenvalue weighted by atomic mass is 19.1. The summed E-state index contributed by atoms with van der Waals surface area (Å²) >= 11 is 0. The molecule has 0 spiro atoms. The van der Waals surface area contributed by atoms with E-state index < -0.39 is 0 Å². The number of carbonyl (C=O) groups excluding carboxylic acids is 1. The maximum Gasteiger partial charge on any atom is 0.255 e. The van der Waals surface area contributed by atoms with Gasteiger partial charge in [0.25, 0.3) is 5.91 Å². The molecular weight excluding hydrogens is 331 g/mol. The normalized spacial score (nSPS) is 24.0. The Hall–Kier alpha value is -2.31. The number of nitrogens with one attached hydrogen (secondary N) is 2. The molecule has 0 saturated carbocycles. The highest BCUT2D eigenvalue weighted by Crippen LogP contribution is 2.31. The molecule has 2 aliphatic heterocycles. The van der Waals surface area contributed by atoms with Crippen LogP contribution in [0.2, 0.25) is 0 Å². The lowest BCUT2D eigenvalue weighted by Gasteiger charge is -2.34. The van der Waals surface area contributed by atoms with E-state index in [1.807, 2.05) is 23.1 Å². The van der Waals surface area contributed by atoms with Crippen LogP contribution in [0.15, 0.2) is 48.8 Å². The van der Waals surface area contributed by atoms with Gasteiger partial charge in [0.05, 0.1) is 5.56 Å². The number of amides is 1.